The summed E-state index contributed by atoms with van der Waals surface area (Å²) in [5.74, 6) is 0. The normalized spacial score (nSPS) is 22.2. The molecular weight excluding hydrogens is 162 g/mol. The Morgan fingerprint density at radius 1 is 1.31 bits per heavy atom. The zero-order chi connectivity index (χ0) is 9.95. The van der Waals surface area contributed by atoms with Crippen LogP contribution in [0, 0.1) is 5.41 Å². The molecule has 0 aromatic carbocycles. The van der Waals surface area contributed by atoms with Gasteiger partial charge in [0.15, 0.2) is 0 Å². The van der Waals surface area contributed by atoms with Crippen molar-refractivity contribution in [3.8, 4) is 0 Å². The molecule has 0 unspecified atom stereocenters. The van der Waals surface area contributed by atoms with Gasteiger partial charge in [0, 0.05) is 24.1 Å². The van der Waals surface area contributed by atoms with Crippen molar-refractivity contribution in [2.75, 3.05) is 13.2 Å². The zero-order valence-corrected chi connectivity index (χ0v) is 9.19. The van der Waals surface area contributed by atoms with Crippen molar-refractivity contribution in [3.05, 3.63) is 0 Å². The van der Waals surface area contributed by atoms with Crippen molar-refractivity contribution < 1.29 is 5.11 Å². The van der Waals surface area contributed by atoms with Crippen LogP contribution in [-0.2, 0) is 0 Å². The summed E-state index contributed by atoms with van der Waals surface area (Å²) in [5.41, 5.74) is 0.359. The van der Waals surface area contributed by atoms with Gasteiger partial charge in [0.05, 0.1) is 0 Å². The lowest BCUT2D eigenvalue weighted by atomic mass is 9.92. The van der Waals surface area contributed by atoms with E-state index >= 15 is 0 Å². The van der Waals surface area contributed by atoms with Crippen molar-refractivity contribution in [2.24, 2.45) is 5.41 Å². The molecule has 0 aromatic heterocycles. The highest BCUT2D eigenvalue weighted by atomic mass is 16.3. The van der Waals surface area contributed by atoms with Gasteiger partial charge in [-0.2, -0.15) is 0 Å². The highest BCUT2D eigenvalue weighted by Gasteiger charge is 2.29. The molecule has 1 rings (SSSR count). The molecule has 0 bridgehead atoms. The Morgan fingerprint density at radius 2 is 1.85 bits per heavy atom. The first kappa shape index (κ1) is 11.0. The largest absolute Gasteiger partial charge is 0.396 e. The second-order valence-corrected chi connectivity index (χ2v) is 5.44. The molecule has 78 valence electrons. The lowest BCUT2D eigenvalue weighted by molar-refractivity contribution is 0.144. The number of hydrogen-bond acceptors (Lipinski definition) is 2. The molecule has 2 heteroatoms. The molecule has 0 aliphatic heterocycles. The molecule has 0 saturated heterocycles. The number of rotatable bonds is 4. The third kappa shape index (κ3) is 3.28. The fourth-order valence-electron chi connectivity index (χ4n) is 1.84. The molecule has 0 aromatic rings. The second kappa shape index (κ2) is 3.97. The summed E-state index contributed by atoms with van der Waals surface area (Å²) in [5, 5.41) is 12.7. The van der Waals surface area contributed by atoms with E-state index in [4.69, 9.17) is 5.11 Å². The molecule has 0 heterocycles. The van der Waals surface area contributed by atoms with Crippen LogP contribution < -0.4 is 5.32 Å². The highest BCUT2D eigenvalue weighted by Crippen LogP contribution is 2.29. The summed E-state index contributed by atoms with van der Waals surface area (Å²) < 4.78 is 0. The number of hydrogen-bond donors (Lipinski definition) is 2. The highest BCUT2D eigenvalue weighted by molar-refractivity contribution is 4.89. The summed E-state index contributed by atoms with van der Waals surface area (Å²) in [7, 11) is 0. The Morgan fingerprint density at radius 3 is 2.31 bits per heavy atom. The van der Waals surface area contributed by atoms with E-state index in [1.165, 1.54) is 25.7 Å². The summed E-state index contributed by atoms with van der Waals surface area (Å²) in [6.07, 6.45) is 5.27. The van der Waals surface area contributed by atoms with E-state index in [0.29, 0.717) is 5.54 Å². The maximum absolute atomic E-state index is 9.11. The van der Waals surface area contributed by atoms with Gasteiger partial charge >= 0.3 is 0 Å². The third-order valence-electron chi connectivity index (χ3n) is 3.13. The van der Waals surface area contributed by atoms with Crippen LogP contribution in [0.1, 0.15) is 46.5 Å². The zero-order valence-electron chi connectivity index (χ0n) is 9.19. The monoisotopic (exact) mass is 185 g/mol. The predicted molar refractivity (Wildman–Crippen MR) is 55.7 cm³/mol. The maximum atomic E-state index is 9.11. The van der Waals surface area contributed by atoms with Gasteiger partial charge in [0.25, 0.3) is 0 Å². The Bertz CT molecular complexity index is 159. The van der Waals surface area contributed by atoms with Crippen molar-refractivity contribution >= 4 is 0 Å². The van der Waals surface area contributed by atoms with Gasteiger partial charge in [-0.15, -0.1) is 0 Å². The van der Waals surface area contributed by atoms with Crippen LogP contribution in [0.4, 0.5) is 0 Å². The second-order valence-electron chi connectivity index (χ2n) is 5.44. The van der Waals surface area contributed by atoms with E-state index in [1.54, 1.807) is 0 Å². The van der Waals surface area contributed by atoms with Crippen molar-refractivity contribution in [3.63, 3.8) is 0 Å². The number of nitrogens with one attached hydrogen (secondary N) is 1. The maximum Gasteiger partial charge on any atom is 0.0494 e. The first-order chi connectivity index (χ1) is 5.97. The first-order valence-corrected chi connectivity index (χ1v) is 5.33. The van der Waals surface area contributed by atoms with Gasteiger partial charge in [-0.25, -0.2) is 0 Å². The Labute approximate surface area is 81.7 Å². The van der Waals surface area contributed by atoms with Crippen LogP contribution >= 0.6 is 0 Å². The average molecular weight is 185 g/mol. The van der Waals surface area contributed by atoms with Crippen LogP contribution in [0.25, 0.3) is 0 Å². The number of aliphatic hydroxyl groups is 1. The van der Waals surface area contributed by atoms with Crippen LogP contribution in [0.15, 0.2) is 0 Å². The summed E-state index contributed by atoms with van der Waals surface area (Å²) >= 11 is 0. The Balaban J connectivity index is 2.32. The molecule has 1 saturated carbocycles. The van der Waals surface area contributed by atoms with E-state index in [1.807, 2.05) is 0 Å². The SMILES string of the molecule is CC(C)(CO)CNC1(C)CCCC1. The smallest absolute Gasteiger partial charge is 0.0494 e. The fraction of sp³-hybridized carbons (Fsp3) is 1.00. The van der Waals surface area contributed by atoms with E-state index in [-0.39, 0.29) is 12.0 Å². The minimum atomic E-state index is 0.0194. The molecule has 2 N–H and O–H groups in total. The molecule has 0 spiro atoms. The van der Waals surface area contributed by atoms with Gasteiger partial charge in [-0.3, -0.25) is 0 Å². The van der Waals surface area contributed by atoms with Crippen LogP contribution in [0.5, 0.6) is 0 Å². The van der Waals surface area contributed by atoms with Crippen LogP contribution in [0.2, 0.25) is 0 Å². The molecular formula is C11H23NO. The lowest BCUT2D eigenvalue weighted by Crippen LogP contribution is -2.45. The van der Waals surface area contributed by atoms with Crippen molar-refractivity contribution in [1.29, 1.82) is 0 Å². The van der Waals surface area contributed by atoms with E-state index in [9.17, 15) is 0 Å². The average Bonchev–Trinajstić information content (AvgIpc) is 2.50. The molecule has 2 nitrogen and oxygen atoms in total. The third-order valence-corrected chi connectivity index (χ3v) is 3.13. The summed E-state index contributed by atoms with van der Waals surface area (Å²) in [6, 6.07) is 0. The van der Waals surface area contributed by atoms with Gasteiger partial charge in [0.2, 0.25) is 0 Å². The summed E-state index contributed by atoms with van der Waals surface area (Å²) in [4.78, 5) is 0. The van der Waals surface area contributed by atoms with Gasteiger partial charge in [-0.05, 0) is 19.8 Å². The van der Waals surface area contributed by atoms with Crippen molar-refractivity contribution in [1.82, 2.24) is 5.32 Å². The van der Waals surface area contributed by atoms with E-state index in [0.717, 1.165) is 6.54 Å². The lowest BCUT2D eigenvalue weighted by Gasteiger charge is -2.31. The van der Waals surface area contributed by atoms with Crippen molar-refractivity contribution in [2.45, 2.75) is 52.0 Å². The molecule has 1 aliphatic carbocycles. The Hall–Kier alpha value is -0.0800. The summed E-state index contributed by atoms with van der Waals surface area (Å²) in [6.45, 7) is 7.67. The molecule has 13 heavy (non-hydrogen) atoms. The van der Waals surface area contributed by atoms with Crippen LogP contribution in [0.3, 0.4) is 0 Å². The predicted octanol–water partition coefficient (Wildman–Crippen LogP) is 1.93. The minimum absolute atomic E-state index is 0.0194. The quantitative estimate of drug-likeness (QED) is 0.701. The van der Waals surface area contributed by atoms with Crippen LogP contribution in [-0.4, -0.2) is 23.8 Å². The Kier molecular flexibility index (Phi) is 3.36. The molecule has 0 amide bonds. The molecule has 1 fully saturated rings. The topological polar surface area (TPSA) is 32.3 Å². The van der Waals surface area contributed by atoms with Gasteiger partial charge in [0.1, 0.15) is 0 Å². The molecule has 0 atom stereocenters. The van der Waals surface area contributed by atoms with Gasteiger partial charge < -0.3 is 10.4 Å². The van der Waals surface area contributed by atoms with E-state index < -0.39 is 0 Å². The fourth-order valence-corrected chi connectivity index (χ4v) is 1.84. The number of aliphatic hydroxyl groups excluding tert-OH is 1. The molecule has 1 aliphatic rings. The first-order valence-electron chi connectivity index (χ1n) is 5.33. The molecule has 0 radical (unpaired) electrons. The standard InChI is InChI=1S/C11H23NO/c1-10(2,9-13)8-12-11(3)6-4-5-7-11/h12-13H,4-9H2,1-3H3. The van der Waals surface area contributed by atoms with E-state index in [2.05, 4.69) is 26.1 Å². The minimum Gasteiger partial charge on any atom is -0.396 e. The van der Waals surface area contributed by atoms with Gasteiger partial charge in [-0.1, -0.05) is 26.7 Å².